The van der Waals surface area contributed by atoms with Crippen LogP contribution in [0.1, 0.15) is 50.9 Å². The first-order chi connectivity index (χ1) is 9.49. The quantitative estimate of drug-likeness (QED) is 0.701. The molecule has 108 valence electrons. The molecule has 2 aromatic rings. The highest BCUT2D eigenvalue weighted by Gasteiger charge is 2.34. The number of pyridine rings is 1. The van der Waals surface area contributed by atoms with E-state index in [2.05, 4.69) is 39.3 Å². The maximum Gasteiger partial charge on any atom is 0.160 e. The Balaban J connectivity index is 2.19. The van der Waals surface area contributed by atoms with Crippen molar-refractivity contribution in [2.75, 3.05) is 0 Å². The number of imidazole rings is 1. The van der Waals surface area contributed by atoms with E-state index >= 15 is 0 Å². The Morgan fingerprint density at radius 3 is 2.75 bits per heavy atom. The van der Waals surface area contributed by atoms with Gasteiger partial charge >= 0.3 is 0 Å². The molecule has 5 heteroatoms. The summed E-state index contributed by atoms with van der Waals surface area (Å²) in [6, 6.07) is 2.48. The molecule has 1 aliphatic carbocycles. The Morgan fingerprint density at radius 2 is 2.15 bits per heavy atom. The van der Waals surface area contributed by atoms with E-state index in [1.807, 2.05) is 19.2 Å². The second kappa shape index (κ2) is 5.30. The fourth-order valence-electron chi connectivity index (χ4n) is 3.29. The van der Waals surface area contributed by atoms with Gasteiger partial charge in [0.05, 0.1) is 5.38 Å². The van der Waals surface area contributed by atoms with Gasteiger partial charge in [0, 0.05) is 16.7 Å². The summed E-state index contributed by atoms with van der Waals surface area (Å²) in [6.45, 7) is 6.64. The largest absolute Gasteiger partial charge is 0.308 e. The second-order valence-electron chi connectivity index (χ2n) is 5.93. The van der Waals surface area contributed by atoms with Gasteiger partial charge in [0.1, 0.15) is 11.3 Å². The molecule has 0 amide bonds. The van der Waals surface area contributed by atoms with Crippen molar-refractivity contribution in [3.8, 4) is 0 Å². The fourth-order valence-corrected chi connectivity index (χ4v) is 3.76. The number of alkyl halides is 1. The lowest BCUT2D eigenvalue weighted by molar-refractivity contribution is 0.351. The molecule has 3 nitrogen and oxygen atoms in total. The van der Waals surface area contributed by atoms with E-state index in [9.17, 15) is 0 Å². The number of aromatic nitrogens is 3. The van der Waals surface area contributed by atoms with E-state index < -0.39 is 0 Å². The highest BCUT2D eigenvalue weighted by Crippen LogP contribution is 2.43. The summed E-state index contributed by atoms with van der Waals surface area (Å²) in [5, 5.41) is -0.105. The van der Waals surface area contributed by atoms with E-state index in [0.29, 0.717) is 12.0 Å². The zero-order valence-corrected chi connectivity index (χ0v) is 14.3. The minimum Gasteiger partial charge on any atom is -0.308 e. The van der Waals surface area contributed by atoms with Gasteiger partial charge in [-0.1, -0.05) is 13.8 Å². The molecule has 0 aliphatic heterocycles. The van der Waals surface area contributed by atoms with Crippen molar-refractivity contribution in [2.24, 2.45) is 11.8 Å². The topological polar surface area (TPSA) is 30.7 Å². The molecule has 2 aromatic heterocycles. The van der Waals surface area contributed by atoms with Crippen LogP contribution in [0.2, 0.25) is 0 Å². The van der Waals surface area contributed by atoms with Gasteiger partial charge in [-0.05, 0) is 53.6 Å². The van der Waals surface area contributed by atoms with E-state index in [-0.39, 0.29) is 5.38 Å². The van der Waals surface area contributed by atoms with Crippen LogP contribution in [0.3, 0.4) is 0 Å². The molecule has 0 spiro atoms. The zero-order valence-electron chi connectivity index (χ0n) is 12.0. The smallest absolute Gasteiger partial charge is 0.160 e. The van der Waals surface area contributed by atoms with Gasteiger partial charge in [-0.15, -0.1) is 11.6 Å². The molecule has 0 aromatic carbocycles. The summed E-state index contributed by atoms with van der Waals surface area (Å²) in [6.07, 6.45) is 4.28. The Kier molecular flexibility index (Phi) is 3.80. The van der Waals surface area contributed by atoms with Gasteiger partial charge in [-0.3, -0.25) is 0 Å². The number of hydrogen-bond donors (Lipinski definition) is 0. The monoisotopic (exact) mass is 355 g/mol. The van der Waals surface area contributed by atoms with Gasteiger partial charge in [-0.2, -0.15) is 0 Å². The normalized spacial score (nSPS) is 28.1. The number of halogens is 2. The van der Waals surface area contributed by atoms with Crippen molar-refractivity contribution in [2.45, 2.75) is 45.0 Å². The zero-order chi connectivity index (χ0) is 14.4. The lowest BCUT2D eigenvalue weighted by Gasteiger charge is -2.23. The fraction of sp³-hybridized carbons (Fsp3) is 0.600. The third kappa shape index (κ3) is 2.27. The molecular weight excluding hydrogens is 338 g/mol. The van der Waals surface area contributed by atoms with Crippen LogP contribution in [-0.4, -0.2) is 14.5 Å². The molecule has 0 N–H and O–H groups in total. The van der Waals surface area contributed by atoms with Gasteiger partial charge < -0.3 is 4.57 Å². The third-order valence-corrected chi connectivity index (χ3v) is 5.26. The van der Waals surface area contributed by atoms with Crippen molar-refractivity contribution >= 4 is 38.7 Å². The Hall–Kier alpha value is -0.610. The number of fused-ring (bicyclic) bond motifs is 1. The molecule has 1 fully saturated rings. The molecule has 2 heterocycles. The number of rotatable bonds is 2. The molecule has 1 aliphatic rings. The molecular formula is C15H19BrClN3. The highest BCUT2D eigenvalue weighted by atomic mass is 79.9. The average molecular weight is 357 g/mol. The number of hydrogen-bond acceptors (Lipinski definition) is 2. The molecule has 0 radical (unpaired) electrons. The van der Waals surface area contributed by atoms with Crippen LogP contribution < -0.4 is 0 Å². The van der Waals surface area contributed by atoms with Crippen molar-refractivity contribution in [3.05, 3.63) is 22.6 Å². The van der Waals surface area contributed by atoms with Crippen LogP contribution in [0.15, 0.2) is 16.7 Å². The minimum atomic E-state index is -0.105. The average Bonchev–Trinajstić information content (AvgIpc) is 2.91. The van der Waals surface area contributed by atoms with E-state index in [0.717, 1.165) is 27.4 Å². The van der Waals surface area contributed by atoms with Crippen molar-refractivity contribution in [1.29, 1.82) is 0 Å². The van der Waals surface area contributed by atoms with Crippen molar-refractivity contribution < 1.29 is 0 Å². The SMILES string of the molecule is CC(Cl)c1nc2cc(Br)cnc2n1C1CCC(C)C1C. The van der Waals surface area contributed by atoms with E-state index in [1.165, 1.54) is 12.8 Å². The molecule has 20 heavy (non-hydrogen) atoms. The first-order valence-electron chi connectivity index (χ1n) is 7.16. The predicted octanol–water partition coefficient (Wildman–Crippen LogP) is 5.10. The predicted molar refractivity (Wildman–Crippen MR) is 86.1 cm³/mol. The third-order valence-electron chi connectivity index (χ3n) is 4.63. The molecule has 0 bridgehead atoms. The number of nitrogens with zero attached hydrogens (tertiary/aromatic N) is 3. The molecule has 4 atom stereocenters. The van der Waals surface area contributed by atoms with Crippen LogP contribution in [-0.2, 0) is 0 Å². The summed E-state index contributed by atoms with van der Waals surface area (Å²) in [4.78, 5) is 9.30. The summed E-state index contributed by atoms with van der Waals surface area (Å²) in [7, 11) is 0. The summed E-state index contributed by atoms with van der Waals surface area (Å²) < 4.78 is 3.24. The summed E-state index contributed by atoms with van der Waals surface area (Å²) >= 11 is 9.82. The second-order valence-corrected chi connectivity index (χ2v) is 7.50. The van der Waals surface area contributed by atoms with Gasteiger partial charge in [0.25, 0.3) is 0 Å². The van der Waals surface area contributed by atoms with Crippen molar-refractivity contribution in [1.82, 2.24) is 14.5 Å². The van der Waals surface area contributed by atoms with Crippen LogP contribution in [0.4, 0.5) is 0 Å². The van der Waals surface area contributed by atoms with Gasteiger partial charge in [0.15, 0.2) is 5.65 Å². The first-order valence-corrected chi connectivity index (χ1v) is 8.39. The summed E-state index contributed by atoms with van der Waals surface area (Å²) in [5.74, 6) is 2.32. The maximum absolute atomic E-state index is 6.36. The Bertz CT molecular complexity index is 637. The first kappa shape index (κ1) is 14.3. The standard InChI is InChI=1S/C15H19BrClN3/c1-8-4-5-13(9(8)2)20-14(10(3)17)19-12-6-11(16)7-18-15(12)20/h6-10,13H,4-5H2,1-3H3. The molecule has 4 unspecified atom stereocenters. The molecule has 3 rings (SSSR count). The lowest BCUT2D eigenvalue weighted by atomic mass is 9.97. The highest BCUT2D eigenvalue weighted by molar-refractivity contribution is 9.10. The van der Waals surface area contributed by atoms with E-state index in [1.54, 1.807) is 0 Å². The molecule has 0 saturated heterocycles. The molecule has 1 saturated carbocycles. The lowest BCUT2D eigenvalue weighted by Crippen LogP contribution is -2.17. The van der Waals surface area contributed by atoms with E-state index in [4.69, 9.17) is 16.6 Å². The van der Waals surface area contributed by atoms with Crippen molar-refractivity contribution in [3.63, 3.8) is 0 Å². The van der Waals surface area contributed by atoms with Crippen LogP contribution in [0, 0.1) is 11.8 Å². The Labute approximate surface area is 132 Å². The van der Waals surface area contributed by atoms with Crippen LogP contribution in [0.25, 0.3) is 11.2 Å². The van der Waals surface area contributed by atoms with Crippen LogP contribution >= 0.6 is 27.5 Å². The summed E-state index contributed by atoms with van der Waals surface area (Å²) in [5.41, 5.74) is 1.88. The Morgan fingerprint density at radius 1 is 1.40 bits per heavy atom. The van der Waals surface area contributed by atoms with Gasteiger partial charge in [0.2, 0.25) is 0 Å². The van der Waals surface area contributed by atoms with Gasteiger partial charge in [-0.25, -0.2) is 9.97 Å². The minimum absolute atomic E-state index is 0.105. The van der Waals surface area contributed by atoms with Crippen LogP contribution in [0.5, 0.6) is 0 Å². The maximum atomic E-state index is 6.36.